The Kier molecular flexibility index (Phi) is 2.75. The van der Waals surface area contributed by atoms with Crippen LogP contribution in [-0.4, -0.2) is 9.97 Å². The molecule has 12 heavy (non-hydrogen) atoms. The van der Waals surface area contributed by atoms with Crippen LogP contribution in [0.2, 0.25) is 0 Å². The number of aromatic nitrogens is 2. The topological polar surface area (TPSA) is 25.8 Å². The second-order valence-corrected chi connectivity index (χ2v) is 2.46. The molecule has 1 heterocycles. The monoisotopic (exact) mass is 160 g/mol. The van der Waals surface area contributed by atoms with Crippen molar-refractivity contribution in [3.63, 3.8) is 0 Å². The zero-order chi connectivity index (χ0) is 8.97. The fraction of sp³-hybridized carbons (Fsp3) is 0.200. The minimum atomic E-state index is 0.786. The molecule has 0 aliphatic heterocycles. The standard InChI is InChI=1S/C10H12N2/c1-4-6-10-9(5-2)7-11-8(3)12-10/h4-7H,2H2,1,3H3/b6-4-. The molecule has 0 unspecified atom stereocenters. The van der Waals surface area contributed by atoms with Gasteiger partial charge in [0.25, 0.3) is 0 Å². The summed E-state index contributed by atoms with van der Waals surface area (Å²) in [6.45, 7) is 7.53. The molecule has 2 heteroatoms. The minimum Gasteiger partial charge on any atom is -0.241 e. The largest absolute Gasteiger partial charge is 0.241 e. The van der Waals surface area contributed by atoms with Gasteiger partial charge in [-0.25, -0.2) is 9.97 Å². The van der Waals surface area contributed by atoms with Gasteiger partial charge in [0.2, 0.25) is 0 Å². The maximum atomic E-state index is 4.26. The lowest BCUT2D eigenvalue weighted by Gasteiger charge is -1.99. The molecular weight excluding hydrogens is 148 g/mol. The van der Waals surface area contributed by atoms with E-state index >= 15 is 0 Å². The molecule has 1 aromatic heterocycles. The molecule has 1 aromatic rings. The normalized spacial score (nSPS) is 10.5. The van der Waals surface area contributed by atoms with Gasteiger partial charge in [0.05, 0.1) is 5.69 Å². The van der Waals surface area contributed by atoms with Crippen molar-refractivity contribution in [2.75, 3.05) is 0 Å². The smallest absolute Gasteiger partial charge is 0.125 e. The second kappa shape index (κ2) is 3.81. The summed E-state index contributed by atoms with van der Waals surface area (Å²) in [6, 6.07) is 0. The molecule has 0 N–H and O–H groups in total. The van der Waals surface area contributed by atoms with Crippen LogP contribution in [-0.2, 0) is 0 Å². The van der Waals surface area contributed by atoms with E-state index < -0.39 is 0 Å². The Labute approximate surface area is 72.7 Å². The predicted octanol–water partition coefficient (Wildman–Crippen LogP) is 2.46. The first-order valence-corrected chi connectivity index (χ1v) is 3.86. The fourth-order valence-corrected chi connectivity index (χ4v) is 0.945. The third-order valence-electron chi connectivity index (χ3n) is 1.51. The van der Waals surface area contributed by atoms with Crippen LogP contribution in [0.3, 0.4) is 0 Å². The zero-order valence-electron chi connectivity index (χ0n) is 7.41. The van der Waals surface area contributed by atoms with Crippen LogP contribution in [0, 0.1) is 6.92 Å². The maximum absolute atomic E-state index is 4.26. The van der Waals surface area contributed by atoms with E-state index in [0.29, 0.717) is 0 Å². The van der Waals surface area contributed by atoms with E-state index in [9.17, 15) is 0 Å². The van der Waals surface area contributed by atoms with Gasteiger partial charge in [-0.15, -0.1) is 0 Å². The van der Waals surface area contributed by atoms with E-state index in [2.05, 4.69) is 16.5 Å². The van der Waals surface area contributed by atoms with Crippen molar-refractivity contribution in [3.05, 3.63) is 35.9 Å². The van der Waals surface area contributed by atoms with Crippen LogP contribution in [0.4, 0.5) is 0 Å². The van der Waals surface area contributed by atoms with Crippen LogP contribution in [0.15, 0.2) is 18.9 Å². The Morgan fingerprint density at radius 1 is 1.50 bits per heavy atom. The Morgan fingerprint density at radius 2 is 2.25 bits per heavy atom. The number of allylic oxidation sites excluding steroid dienone is 1. The number of hydrogen-bond donors (Lipinski definition) is 0. The number of nitrogens with zero attached hydrogens (tertiary/aromatic N) is 2. The average molecular weight is 160 g/mol. The van der Waals surface area contributed by atoms with Gasteiger partial charge in [-0.3, -0.25) is 0 Å². The summed E-state index contributed by atoms with van der Waals surface area (Å²) in [5.41, 5.74) is 1.90. The highest BCUT2D eigenvalue weighted by molar-refractivity contribution is 5.60. The van der Waals surface area contributed by atoms with Gasteiger partial charge in [-0.05, 0) is 19.9 Å². The fourth-order valence-electron chi connectivity index (χ4n) is 0.945. The van der Waals surface area contributed by atoms with Gasteiger partial charge >= 0.3 is 0 Å². The van der Waals surface area contributed by atoms with Gasteiger partial charge in [-0.2, -0.15) is 0 Å². The van der Waals surface area contributed by atoms with E-state index in [1.165, 1.54) is 0 Å². The van der Waals surface area contributed by atoms with Crippen molar-refractivity contribution in [2.24, 2.45) is 0 Å². The van der Waals surface area contributed by atoms with E-state index in [1.807, 2.05) is 26.0 Å². The van der Waals surface area contributed by atoms with Gasteiger partial charge in [0.15, 0.2) is 0 Å². The highest BCUT2D eigenvalue weighted by atomic mass is 14.9. The molecule has 2 nitrogen and oxygen atoms in total. The molecule has 1 rings (SSSR count). The SMILES string of the molecule is C=Cc1cnc(C)nc1/C=C\C. The zero-order valence-corrected chi connectivity index (χ0v) is 7.41. The summed E-state index contributed by atoms with van der Waals surface area (Å²) >= 11 is 0. The Morgan fingerprint density at radius 3 is 2.83 bits per heavy atom. The summed E-state index contributed by atoms with van der Waals surface area (Å²) in [7, 11) is 0. The molecule has 0 radical (unpaired) electrons. The third kappa shape index (κ3) is 1.78. The van der Waals surface area contributed by atoms with Gasteiger partial charge in [-0.1, -0.05) is 18.7 Å². The van der Waals surface area contributed by atoms with E-state index in [4.69, 9.17) is 0 Å². The first-order valence-electron chi connectivity index (χ1n) is 3.86. The first kappa shape index (κ1) is 8.65. The van der Waals surface area contributed by atoms with Gasteiger partial charge in [0.1, 0.15) is 5.82 Å². The number of aryl methyl sites for hydroxylation is 1. The summed E-state index contributed by atoms with van der Waals surface area (Å²) in [6.07, 6.45) is 7.44. The predicted molar refractivity (Wildman–Crippen MR) is 51.6 cm³/mol. The minimum absolute atomic E-state index is 0.786. The van der Waals surface area contributed by atoms with Crippen LogP contribution in [0.1, 0.15) is 24.0 Å². The number of hydrogen-bond acceptors (Lipinski definition) is 2. The quantitative estimate of drug-likeness (QED) is 0.664. The molecule has 0 atom stereocenters. The summed E-state index contributed by atoms with van der Waals surface area (Å²) in [4.78, 5) is 8.34. The van der Waals surface area contributed by atoms with Crippen molar-refractivity contribution in [3.8, 4) is 0 Å². The molecular formula is C10H12N2. The highest BCUT2D eigenvalue weighted by Crippen LogP contribution is 2.08. The average Bonchev–Trinajstić information content (AvgIpc) is 2.05. The molecule has 0 saturated carbocycles. The van der Waals surface area contributed by atoms with Gasteiger partial charge in [0, 0.05) is 11.8 Å². The van der Waals surface area contributed by atoms with Crippen molar-refractivity contribution in [2.45, 2.75) is 13.8 Å². The van der Waals surface area contributed by atoms with E-state index in [1.54, 1.807) is 12.3 Å². The third-order valence-corrected chi connectivity index (χ3v) is 1.51. The summed E-state index contributed by atoms with van der Waals surface area (Å²) in [5, 5.41) is 0. The second-order valence-electron chi connectivity index (χ2n) is 2.46. The van der Waals surface area contributed by atoms with Crippen molar-refractivity contribution < 1.29 is 0 Å². The molecule has 0 fully saturated rings. The van der Waals surface area contributed by atoms with E-state index in [-0.39, 0.29) is 0 Å². The summed E-state index contributed by atoms with van der Waals surface area (Å²) in [5.74, 6) is 0.786. The van der Waals surface area contributed by atoms with Crippen LogP contribution in [0.5, 0.6) is 0 Å². The Hall–Kier alpha value is -1.44. The molecule has 0 aliphatic carbocycles. The number of rotatable bonds is 2. The molecule has 0 aliphatic rings. The maximum Gasteiger partial charge on any atom is 0.125 e. The molecule has 0 amide bonds. The van der Waals surface area contributed by atoms with Crippen LogP contribution < -0.4 is 0 Å². The van der Waals surface area contributed by atoms with Crippen molar-refractivity contribution >= 4 is 12.2 Å². The lowest BCUT2D eigenvalue weighted by Crippen LogP contribution is -1.92. The Bertz CT molecular complexity index is 314. The first-order chi connectivity index (χ1) is 5.77. The molecule has 0 saturated heterocycles. The summed E-state index contributed by atoms with van der Waals surface area (Å²) < 4.78 is 0. The van der Waals surface area contributed by atoms with Gasteiger partial charge < -0.3 is 0 Å². The lowest BCUT2D eigenvalue weighted by molar-refractivity contribution is 1.04. The van der Waals surface area contributed by atoms with Crippen molar-refractivity contribution in [1.82, 2.24) is 9.97 Å². The van der Waals surface area contributed by atoms with Crippen molar-refractivity contribution in [1.29, 1.82) is 0 Å². The lowest BCUT2D eigenvalue weighted by atomic mass is 10.2. The molecule has 0 spiro atoms. The Balaban J connectivity index is 3.20. The molecule has 62 valence electrons. The molecule has 0 aromatic carbocycles. The van der Waals surface area contributed by atoms with Crippen LogP contribution in [0.25, 0.3) is 12.2 Å². The van der Waals surface area contributed by atoms with E-state index in [0.717, 1.165) is 17.1 Å². The molecule has 0 bridgehead atoms. The highest BCUT2D eigenvalue weighted by Gasteiger charge is 1.97. The van der Waals surface area contributed by atoms with Crippen LogP contribution >= 0.6 is 0 Å².